The van der Waals surface area contributed by atoms with Crippen LogP contribution in [0.15, 0.2) is 29.2 Å². The van der Waals surface area contributed by atoms with Crippen LogP contribution in [-0.4, -0.2) is 66.2 Å². The number of hydrogen-bond donors (Lipinski definition) is 4. The second-order valence-corrected chi connectivity index (χ2v) is 8.22. The minimum atomic E-state index is -4.20. The van der Waals surface area contributed by atoms with Crippen molar-refractivity contribution in [3.8, 4) is 17.6 Å². The number of carbonyl (C=O) groups is 2. The van der Waals surface area contributed by atoms with Gasteiger partial charge in [0.25, 0.3) is 5.91 Å². The fraction of sp³-hybridized carbons (Fsp3) is 0.444. The van der Waals surface area contributed by atoms with Gasteiger partial charge in [-0.05, 0) is 37.6 Å². The predicted octanol–water partition coefficient (Wildman–Crippen LogP) is -0.777. The second-order valence-electron chi connectivity index (χ2n) is 6.33. The summed E-state index contributed by atoms with van der Waals surface area (Å²) in [5, 5.41) is 20.8. The van der Waals surface area contributed by atoms with Gasteiger partial charge in [0, 0.05) is 0 Å². The summed E-state index contributed by atoms with van der Waals surface area (Å²) in [6, 6.07) is 3.25. The lowest BCUT2D eigenvalue weighted by molar-refractivity contribution is -0.137. The van der Waals surface area contributed by atoms with Gasteiger partial charge in [-0.3, -0.25) is 14.8 Å². The third kappa shape index (κ3) is 5.45. The maximum absolute atomic E-state index is 13.0. The number of nitrogens with one attached hydrogen (secondary N) is 2. The summed E-state index contributed by atoms with van der Waals surface area (Å²) in [5.74, 6) is 4.10. The van der Waals surface area contributed by atoms with Crippen molar-refractivity contribution in [2.75, 3.05) is 13.2 Å². The molecule has 3 atom stereocenters. The standard InChI is InChI=1S/C18H23N3O7S/c1-3-13(22)5-4-10-28-14-6-8-15(9-7-14)29(26,27)21-11-16(23)19-12(2)17(21)18(24)20-25/h6-9,12-13,17,22,25H,3,10-11H2,1-2H3,(H,19,23)(H,20,24). The van der Waals surface area contributed by atoms with E-state index in [2.05, 4.69) is 17.2 Å². The zero-order valence-electron chi connectivity index (χ0n) is 16.0. The molecule has 2 rings (SSSR count). The maximum Gasteiger partial charge on any atom is 0.263 e. The van der Waals surface area contributed by atoms with Gasteiger partial charge in [-0.25, -0.2) is 13.9 Å². The first-order chi connectivity index (χ1) is 13.7. The Morgan fingerprint density at radius 2 is 2.07 bits per heavy atom. The normalized spacial score (nSPS) is 20.8. The van der Waals surface area contributed by atoms with Crippen molar-refractivity contribution in [1.29, 1.82) is 0 Å². The smallest absolute Gasteiger partial charge is 0.263 e. The van der Waals surface area contributed by atoms with Crippen molar-refractivity contribution in [2.45, 2.75) is 43.4 Å². The molecule has 0 aliphatic carbocycles. The summed E-state index contributed by atoms with van der Waals surface area (Å²) in [6.07, 6.45) is -0.221. The SMILES string of the molecule is CCC(O)C#CCOc1ccc(S(=O)(=O)N2CC(=O)NC(C)C2C(=O)NO)cc1. The third-order valence-electron chi connectivity index (χ3n) is 4.25. The molecule has 0 spiro atoms. The Bertz CT molecular complexity index is 906. The van der Waals surface area contributed by atoms with Crippen LogP contribution in [0.1, 0.15) is 20.3 Å². The van der Waals surface area contributed by atoms with Crippen LogP contribution in [0.25, 0.3) is 0 Å². The first-order valence-corrected chi connectivity index (χ1v) is 10.3. The highest BCUT2D eigenvalue weighted by Crippen LogP contribution is 2.24. The lowest BCUT2D eigenvalue weighted by Crippen LogP contribution is -2.65. The average molecular weight is 425 g/mol. The van der Waals surface area contributed by atoms with Gasteiger partial charge in [0.05, 0.1) is 17.5 Å². The maximum atomic E-state index is 13.0. The van der Waals surface area contributed by atoms with E-state index in [9.17, 15) is 23.1 Å². The van der Waals surface area contributed by atoms with Gasteiger partial charge in [-0.15, -0.1) is 0 Å². The number of carbonyl (C=O) groups excluding carboxylic acids is 2. The topological polar surface area (TPSA) is 145 Å². The average Bonchev–Trinajstić information content (AvgIpc) is 2.70. The van der Waals surface area contributed by atoms with Crippen LogP contribution in [0.2, 0.25) is 0 Å². The lowest BCUT2D eigenvalue weighted by atomic mass is 10.1. The van der Waals surface area contributed by atoms with Crippen molar-refractivity contribution in [3.05, 3.63) is 24.3 Å². The fourth-order valence-electron chi connectivity index (χ4n) is 2.75. The van der Waals surface area contributed by atoms with Gasteiger partial charge in [-0.2, -0.15) is 4.31 Å². The molecule has 10 nitrogen and oxygen atoms in total. The van der Waals surface area contributed by atoms with E-state index in [-0.39, 0.29) is 11.5 Å². The molecular weight excluding hydrogens is 402 g/mol. The molecule has 1 heterocycles. The number of sulfonamides is 1. The minimum absolute atomic E-state index is 0.0196. The lowest BCUT2D eigenvalue weighted by Gasteiger charge is -2.37. The number of nitrogens with zero attached hydrogens (tertiary/aromatic N) is 1. The van der Waals surface area contributed by atoms with Gasteiger partial charge in [0.2, 0.25) is 15.9 Å². The molecule has 1 fully saturated rings. The Balaban J connectivity index is 2.19. The number of rotatable bonds is 6. The molecule has 1 aliphatic heterocycles. The molecule has 29 heavy (non-hydrogen) atoms. The molecule has 4 N–H and O–H groups in total. The summed E-state index contributed by atoms with van der Waals surface area (Å²) in [6.45, 7) is 2.72. The van der Waals surface area contributed by atoms with Crippen molar-refractivity contribution in [3.63, 3.8) is 0 Å². The number of piperazine rings is 1. The highest BCUT2D eigenvalue weighted by atomic mass is 32.2. The number of benzene rings is 1. The molecule has 3 unspecified atom stereocenters. The highest BCUT2D eigenvalue weighted by Gasteiger charge is 2.44. The van der Waals surface area contributed by atoms with E-state index in [1.807, 2.05) is 0 Å². The number of ether oxygens (including phenoxy) is 1. The molecule has 0 radical (unpaired) electrons. The van der Waals surface area contributed by atoms with Crippen LogP contribution in [0, 0.1) is 11.8 Å². The predicted molar refractivity (Wildman–Crippen MR) is 101 cm³/mol. The largest absolute Gasteiger partial charge is 0.481 e. The van der Waals surface area contributed by atoms with E-state index < -0.39 is 46.6 Å². The quantitative estimate of drug-likeness (QED) is 0.266. The van der Waals surface area contributed by atoms with E-state index in [0.717, 1.165) is 4.31 Å². The Morgan fingerprint density at radius 1 is 1.41 bits per heavy atom. The number of aliphatic hydroxyl groups is 1. The Morgan fingerprint density at radius 3 is 2.66 bits per heavy atom. The molecule has 0 aromatic heterocycles. The highest BCUT2D eigenvalue weighted by molar-refractivity contribution is 7.89. The second kappa shape index (κ2) is 9.71. The zero-order chi connectivity index (χ0) is 21.6. The molecule has 1 aliphatic rings. The molecular formula is C18H23N3O7S. The summed E-state index contributed by atoms with van der Waals surface area (Å²) in [4.78, 5) is 23.7. The van der Waals surface area contributed by atoms with Gasteiger partial charge in [0.1, 0.15) is 24.5 Å². The van der Waals surface area contributed by atoms with E-state index in [4.69, 9.17) is 9.94 Å². The molecule has 0 bridgehead atoms. The summed E-state index contributed by atoms with van der Waals surface area (Å²) in [5.41, 5.74) is 1.44. The van der Waals surface area contributed by atoms with Gasteiger partial charge >= 0.3 is 0 Å². The Labute approximate surface area is 168 Å². The minimum Gasteiger partial charge on any atom is -0.481 e. The number of amides is 2. The summed E-state index contributed by atoms with van der Waals surface area (Å²) in [7, 11) is -4.20. The monoisotopic (exact) mass is 425 g/mol. The molecule has 1 aromatic carbocycles. The van der Waals surface area contributed by atoms with Crippen LogP contribution in [0.5, 0.6) is 5.75 Å². The fourth-order valence-corrected chi connectivity index (χ4v) is 4.37. The molecule has 11 heteroatoms. The Hall–Kier alpha value is -2.65. The van der Waals surface area contributed by atoms with Crippen LogP contribution >= 0.6 is 0 Å². The van der Waals surface area contributed by atoms with Crippen LogP contribution in [0.3, 0.4) is 0 Å². The summed E-state index contributed by atoms with van der Waals surface area (Å²) >= 11 is 0. The van der Waals surface area contributed by atoms with E-state index in [1.165, 1.54) is 36.7 Å². The van der Waals surface area contributed by atoms with Crippen LogP contribution < -0.4 is 15.5 Å². The van der Waals surface area contributed by atoms with Crippen LogP contribution in [-0.2, 0) is 19.6 Å². The van der Waals surface area contributed by atoms with Gasteiger partial charge in [0.15, 0.2) is 0 Å². The van der Waals surface area contributed by atoms with Crippen molar-refractivity contribution in [1.82, 2.24) is 15.1 Å². The van der Waals surface area contributed by atoms with Crippen LogP contribution in [0.4, 0.5) is 0 Å². The first-order valence-electron chi connectivity index (χ1n) is 8.85. The summed E-state index contributed by atoms with van der Waals surface area (Å²) < 4.78 is 32.1. The van der Waals surface area contributed by atoms with E-state index in [0.29, 0.717) is 12.2 Å². The van der Waals surface area contributed by atoms with Crippen molar-refractivity contribution >= 4 is 21.8 Å². The molecule has 1 aromatic rings. The van der Waals surface area contributed by atoms with Gasteiger partial charge in [-0.1, -0.05) is 18.8 Å². The number of hydrogen-bond acceptors (Lipinski definition) is 7. The Kier molecular flexibility index (Phi) is 7.58. The molecule has 158 valence electrons. The van der Waals surface area contributed by atoms with Crippen molar-refractivity contribution < 1.29 is 33.1 Å². The van der Waals surface area contributed by atoms with Gasteiger partial charge < -0.3 is 15.2 Å². The molecule has 2 amide bonds. The first kappa shape index (κ1) is 22.6. The third-order valence-corrected chi connectivity index (χ3v) is 6.09. The van der Waals surface area contributed by atoms with Crippen molar-refractivity contribution in [2.24, 2.45) is 0 Å². The number of hydroxylamine groups is 1. The zero-order valence-corrected chi connectivity index (χ0v) is 16.8. The van der Waals surface area contributed by atoms with E-state index >= 15 is 0 Å². The van der Waals surface area contributed by atoms with E-state index in [1.54, 1.807) is 6.92 Å². The molecule has 0 saturated carbocycles. The number of aliphatic hydroxyl groups excluding tert-OH is 1. The molecule has 1 saturated heterocycles.